The zero-order chi connectivity index (χ0) is 18.7. The molecule has 0 N–H and O–H groups in total. The fourth-order valence-corrected chi connectivity index (χ4v) is 4.43. The third kappa shape index (κ3) is 3.96. The maximum absolute atomic E-state index is 13.3. The Morgan fingerprint density at radius 2 is 1.88 bits per heavy atom. The molecule has 2 heterocycles. The lowest BCUT2D eigenvalue weighted by Gasteiger charge is -2.34. The summed E-state index contributed by atoms with van der Waals surface area (Å²) in [4.78, 5) is 26.6. The average molecular weight is 385 g/mol. The Labute approximate surface area is 151 Å². The van der Waals surface area contributed by atoms with Crippen molar-refractivity contribution in [1.29, 1.82) is 0 Å². The lowest BCUT2D eigenvalue weighted by atomic mass is 10.3. The summed E-state index contributed by atoms with van der Waals surface area (Å²) in [6, 6.07) is 4.88. The number of piperazine rings is 1. The molecule has 0 radical (unpaired) electrons. The predicted octanol–water partition coefficient (Wildman–Crippen LogP) is 0.501. The van der Waals surface area contributed by atoms with E-state index in [0.717, 1.165) is 6.07 Å². The first-order valence-electron chi connectivity index (χ1n) is 8.33. The van der Waals surface area contributed by atoms with Crippen LogP contribution in [0.1, 0.15) is 6.42 Å². The highest BCUT2D eigenvalue weighted by atomic mass is 32.2. The standard InChI is InChI=1S/C16H20FN3O5S/c17-13-2-1-3-14(12-13)26(23,24)20-8-6-18(7-9-20)15(21)4-5-19-10-11-25-16(19)22/h1-3,12H,4-11H2. The minimum atomic E-state index is -3.78. The van der Waals surface area contributed by atoms with Gasteiger partial charge in [-0.15, -0.1) is 0 Å². The summed E-state index contributed by atoms with van der Waals surface area (Å²) >= 11 is 0. The van der Waals surface area contributed by atoms with Crippen molar-refractivity contribution in [2.75, 3.05) is 45.9 Å². The van der Waals surface area contributed by atoms with Crippen molar-refractivity contribution in [2.24, 2.45) is 0 Å². The number of nitrogens with zero attached hydrogens (tertiary/aromatic N) is 3. The maximum atomic E-state index is 13.3. The van der Waals surface area contributed by atoms with E-state index >= 15 is 0 Å². The van der Waals surface area contributed by atoms with Crippen LogP contribution in [0.5, 0.6) is 0 Å². The van der Waals surface area contributed by atoms with Gasteiger partial charge in [0.05, 0.1) is 11.4 Å². The molecule has 0 atom stereocenters. The highest BCUT2D eigenvalue weighted by molar-refractivity contribution is 7.89. The van der Waals surface area contributed by atoms with Crippen molar-refractivity contribution in [1.82, 2.24) is 14.1 Å². The number of cyclic esters (lactones) is 1. The summed E-state index contributed by atoms with van der Waals surface area (Å²) in [5, 5.41) is 0. The second-order valence-corrected chi connectivity index (χ2v) is 8.03. The van der Waals surface area contributed by atoms with Crippen LogP contribution in [0.15, 0.2) is 29.2 Å². The highest BCUT2D eigenvalue weighted by Crippen LogP contribution is 2.19. The molecule has 0 unspecified atom stereocenters. The van der Waals surface area contributed by atoms with Crippen LogP contribution >= 0.6 is 0 Å². The molecule has 142 valence electrons. The van der Waals surface area contributed by atoms with Gasteiger partial charge in [0.25, 0.3) is 0 Å². The normalized spacial score (nSPS) is 18.9. The average Bonchev–Trinajstić information content (AvgIpc) is 3.05. The van der Waals surface area contributed by atoms with E-state index in [1.54, 1.807) is 4.90 Å². The zero-order valence-electron chi connectivity index (χ0n) is 14.1. The van der Waals surface area contributed by atoms with E-state index in [-0.39, 0.29) is 43.4 Å². The van der Waals surface area contributed by atoms with Crippen LogP contribution < -0.4 is 0 Å². The summed E-state index contributed by atoms with van der Waals surface area (Å²) < 4.78 is 44.5. The third-order valence-electron chi connectivity index (χ3n) is 4.47. The number of sulfonamides is 1. The van der Waals surface area contributed by atoms with Gasteiger partial charge in [-0.1, -0.05) is 6.07 Å². The van der Waals surface area contributed by atoms with Crippen LogP contribution in [-0.2, 0) is 19.6 Å². The Morgan fingerprint density at radius 3 is 2.50 bits per heavy atom. The largest absolute Gasteiger partial charge is 0.448 e. The zero-order valence-corrected chi connectivity index (χ0v) is 15.0. The van der Waals surface area contributed by atoms with Gasteiger partial charge in [-0.05, 0) is 18.2 Å². The van der Waals surface area contributed by atoms with E-state index < -0.39 is 21.9 Å². The van der Waals surface area contributed by atoms with Crippen molar-refractivity contribution in [3.05, 3.63) is 30.1 Å². The Morgan fingerprint density at radius 1 is 1.15 bits per heavy atom. The Kier molecular flexibility index (Phi) is 5.42. The number of amides is 2. The molecule has 2 fully saturated rings. The topological polar surface area (TPSA) is 87.2 Å². The van der Waals surface area contributed by atoms with Crippen LogP contribution in [0.2, 0.25) is 0 Å². The number of hydrogen-bond acceptors (Lipinski definition) is 5. The number of carbonyl (C=O) groups excluding carboxylic acids is 2. The van der Waals surface area contributed by atoms with Crippen LogP contribution in [0.4, 0.5) is 9.18 Å². The number of carbonyl (C=O) groups is 2. The van der Waals surface area contributed by atoms with E-state index in [0.29, 0.717) is 19.7 Å². The maximum Gasteiger partial charge on any atom is 0.409 e. The van der Waals surface area contributed by atoms with Crippen molar-refractivity contribution >= 4 is 22.0 Å². The molecule has 1 aromatic carbocycles. The molecule has 2 aliphatic heterocycles. The first-order valence-corrected chi connectivity index (χ1v) is 9.77. The summed E-state index contributed by atoms with van der Waals surface area (Å²) in [6.07, 6.45) is -0.241. The van der Waals surface area contributed by atoms with Gasteiger partial charge in [0, 0.05) is 39.1 Å². The second-order valence-electron chi connectivity index (χ2n) is 6.09. The van der Waals surface area contributed by atoms with Crippen molar-refractivity contribution < 1.29 is 27.1 Å². The summed E-state index contributed by atoms with van der Waals surface area (Å²) in [5.74, 6) is -0.743. The fourth-order valence-electron chi connectivity index (χ4n) is 2.97. The lowest BCUT2D eigenvalue weighted by molar-refractivity contribution is -0.132. The molecular formula is C16H20FN3O5S. The summed E-state index contributed by atoms with van der Waals surface area (Å²) in [5.41, 5.74) is 0. The predicted molar refractivity (Wildman–Crippen MR) is 89.3 cm³/mol. The highest BCUT2D eigenvalue weighted by Gasteiger charge is 2.31. The van der Waals surface area contributed by atoms with Crippen LogP contribution in [0.3, 0.4) is 0 Å². The van der Waals surface area contributed by atoms with Crippen LogP contribution in [0, 0.1) is 5.82 Å². The quantitative estimate of drug-likeness (QED) is 0.737. The molecule has 2 saturated heterocycles. The molecular weight excluding hydrogens is 365 g/mol. The number of halogens is 1. The van der Waals surface area contributed by atoms with Gasteiger partial charge < -0.3 is 14.5 Å². The number of ether oxygens (including phenoxy) is 1. The fraction of sp³-hybridized carbons (Fsp3) is 0.500. The molecule has 2 aliphatic rings. The molecule has 8 nitrogen and oxygen atoms in total. The van der Waals surface area contributed by atoms with E-state index in [2.05, 4.69) is 0 Å². The molecule has 26 heavy (non-hydrogen) atoms. The van der Waals surface area contributed by atoms with Gasteiger partial charge >= 0.3 is 6.09 Å². The molecule has 2 amide bonds. The minimum absolute atomic E-state index is 0.0928. The molecule has 0 aromatic heterocycles. The van der Waals surface area contributed by atoms with Crippen LogP contribution in [0.25, 0.3) is 0 Å². The minimum Gasteiger partial charge on any atom is -0.448 e. The van der Waals surface area contributed by atoms with Gasteiger partial charge in [0.2, 0.25) is 15.9 Å². The smallest absolute Gasteiger partial charge is 0.409 e. The first kappa shape index (κ1) is 18.6. The molecule has 3 rings (SSSR count). The van der Waals surface area contributed by atoms with Gasteiger partial charge in [-0.3, -0.25) is 4.79 Å². The first-order chi connectivity index (χ1) is 12.4. The van der Waals surface area contributed by atoms with Crippen molar-refractivity contribution in [3.8, 4) is 0 Å². The molecule has 0 aliphatic carbocycles. The van der Waals surface area contributed by atoms with Crippen molar-refractivity contribution in [2.45, 2.75) is 11.3 Å². The number of rotatable bonds is 5. The summed E-state index contributed by atoms with van der Waals surface area (Å²) in [7, 11) is -3.78. The molecule has 0 bridgehead atoms. The van der Waals surface area contributed by atoms with Gasteiger partial charge in [0.15, 0.2) is 0 Å². The second kappa shape index (κ2) is 7.58. The number of hydrogen-bond donors (Lipinski definition) is 0. The van der Waals surface area contributed by atoms with Gasteiger partial charge in [-0.25, -0.2) is 17.6 Å². The molecule has 0 spiro atoms. The Bertz CT molecular complexity index is 793. The Balaban J connectivity index is 1.53. The third-order valence-corrected chi connectivity index (χ3v) is 6.36. The van der Waals surface area contributed by atoms with Gasteiger partial charge in [0.1, 0.15) is 12.4 Å². The Hall–Kier alpha value is -2.20. The van der Waals surface area contributed by atoms with E-state index in [1.165, 1.54) is 27.4 Å². The monoisotopic (exact) mass is 385 g/mol. The van der Waals surface area contributed by atoms with E-state index in [1.807, 2.05) is 0 Å². The lowest BCUT2D eigenvalue weighted by Crippen LogP contribution is -2.50. The van der Waals surface area contributed by atoms with E-state index in [9.17, 15) is 22.4 Å². The SMILES string of the molecule is O=C(CCN1CCOC1=O)N1CCN(S(=O)(=O)c2cccc(F)c2)CC1. The van der Waals surface area contributed by atoms with E-state index in [4.69, 9.17) is 4.74 Å². The molecule has 0 saturated carbocycles. The van der Waals surface area contributed by atoms with Crippen LogP contribution in [-0.4, -0.2) is 80.4 Å². The molecule has 1 aromatic rings. The molecule has 10 heteroatoms. The summed E-state index contributed by atoms with van der Waals surface area (Å²) in [6.45, 7) is 1.93. The number of benzene rings is 1. The van der Waals surface area contributed by atoms with Gasteiger partial charge in [-0.2, -0.15) is 4.31 Å². The van der Waals surface area contributed by atoms with Crippen molar-refractivity contribution in [3.63, 3.8) is 0 Å².